The van der Waals surface area contributed by atoms with E-state index >= 15 is 0 Å². The molecule has 0 bridgehead atoms. The second kappa shape index (κ2) is 13.1. The van der Waals surface area contributed by atoms with Crippen LogP contribution < -0.4 is 4.74 Å². The van der Waals surface area contributed by atoms with Gasteiger partial charge in [-0.15, -0.1) is 13.1 Å². The summed E-state index contributed by atoms with van der Waals surface area (Å²) in [6.07, 6.45) is 9.88. The number of hydrogen-bond acceptors (Lipinski definition) is 2. The molecule has 4 rings (SSSR count). The van der Waals surface area contributed by atoms with Crippen LogP contribution in [0, 0.1) is 25.2 Å². The van der Waals surface area contributed by atoms with Gasteiger partial charge in [-0.3, -0.25) is 0 Å². The Balaban J connectivity index is 0.000000860. The van der Waals surface area contributed by atoms with Gasteiger partial charge in [0.05, 0.1) is 7.11 Å². The van der Waals surface area contributed by atoms with Gasteiger partial charge in [0.25, 0.3) is 0 Å². The number of nitrogens with zero attached hydrogens (tertiary/aromatic N) is 2. The molecule has 1 saturated heterocycles. The van der Waals surface area contributed by atoms with Crippen LogP contribution in [0.15, 0.2) is 42.5 Å². The Hall–Kier alpha value is -0.0688. The van der Waals surface area contributed by atoms with Crippen LogP contribution in [0.5, 0.6) is 5.75 Å². The number of allylic oxidation sites excluding steroid dienone is 4. The number of rotatable bonds is 5. The molecule has 2 aliphatic carbocycles. The van der Waals surface area contributed by atoms with Gasteiger partial charge in [-0.25, -0.2) is 0 Å². The Labute approximate surface area is 213 Å². The van der Waals surface area contributed by atoms with E-state index in [9.17, 15) is 0 Å². The fourth-order valence-electron chi connectivity index (χ4n) is 6.15. The number of ether oxygens (including phenoxy) is 1. The molecule has 0 amide bonds. The van der Waals surface area contributed by atoms with Crippen LogP contribution in [0.4, 0.5) is 0 Å². The van der Waals surface area contributed by atoms with Crippen LogP contribution in [0.1, 0.15) is 25.3 Å². The predicted molar refractivity (Wildman–Crippen MR) is 140 cm³/mol. The van der Waals surface area contributed by atoms with Crippen LogP contribution in [-0.2, 0) is 17.0 Å². The van der Waals surface area contributed by atoms with Gasteiger partial charge in [0.2, 0.25) is 0 Å². The molecule has 1 aromatic carbocycles. The Morgan fingerprint density at radius 3 is 2.34 bits per heavy atom. The molecule has 1 heterocycles. The van der Waals surface area contributed by atoms with Crippen molar-refractivity contribution in [3.63, 3.8) is 0 Å². The van der Waals surface area contributed by atoms with Gasteiger partial charge in [0, 0.05) is 0 Å². The SMILES string of the molecule is CCC1CC2C(c3ccc(OC)cc3)=CC=CC2C1[Si](C)(C)N1CC[N-]CC1.[CH3-].[Cl][Ti][Cl]. The summed E-state index contributed by atoms with van der Waals surface area (Å²) in [4.78, 5) is 0. The zero-order chi connectivity index (χ0) is 22.4. The summed E-state index contributed by atoms with van der Waals surface area (Å²) < 4.78 is 8.22. The zero-order valence-corrected chi connectivity index (χ0v) is 24.2. The third-order valence-electron chi connectivity index (χ3n) is 7.59. The number of piperazine rings is 1. The number of fused-ring (bicyclic) bond motifs is 1. The third kappa shape index (κ3) is 6.13. The molecule has 178 valence electrons. The minimum atomic E-state index is -1.53. The summed E-state index contributed by atoms with van der Waals surface area (Å²) >= 11 is -0.556. The summed E-state index contributed by atoms with van der Waals surface area (Å²) in [5.74, 6) is 3.12. The van der Waals surface area contributed by atoms with E-state index in [0.717, 1.165) is 30.3 Å². The maximum atomic E-state index is 5.37. The number of halogens is 2. The van der Waals surface area contributed by atoms with Crippen molar-refractivity contribution in [3.8, 4) is 5.75 Å². The van der Waals surface area contributed by atoms with Gasteiger partial charge in [-0.1, -0.05) is 56.8 Å². The first kappa shape index (κ1) is 28.2. The summed E-state index contributed by atoms with van der Waals surface area (Å²) in [6.45, 7) is 12.1. The first-order valence-electron chi connectivity index (χ1n) is 11.3. The first-order valence-corrected chi connectivity index (χ1v) is 18.7. The Morgan fingerprint density at radius 2 is 1.78 bits per heavy atom. The molecule has 0 N–H and O–H groups in total. The number of hydrogen-bond donors (Lipinski definition) is 0. The van der Waals surface area contributed by atoms with E-state index in [1.807, 2.05) is 0 Å². The Bertz CT molecular complexity index is 766. The fraction of sp³-hybridized carbons (Fsp3) is 0.560. The predicted octanol–water partition coefficient (Wildman–Crippen LogP) is 7.40. The molecule has 1 saturated carbocycles. The van der Waals surface area contributed by atoms with Crippen molar-refractivity contribution in [1.29, 1.82) is 0 Å². The number of benzene rings is 1. The van der Waals surface area contributed by atoms with Crippen molar-refractivity contribution >= 4 is 32.4 Å². The van der Waals surface area contributed by atoms with E-state index in [0.29, 0.717) is 11.8 Å². The molecule has 7 heteroatoms. The standard InChI is InChI=1S/C24H35N2OSi.CH3.2ClH.Ti/c1-5-18-17-23-21(19-9-11-20(27-2)12-10-19)7-6-8-22(23)24(18)28(3,4)26-15-13-25-14-16-26;;;;/h6-12,18,22-24H,5,13-17H2,1-4H3;1H3;2*1H;/q2*-1;;;+2/p-2. The summed E-state index contributed by atoms with van der Waals surface area (Å²) in [5, 5.41) is 4.60. The van der Waals surface area contributed by atoms with Gasteiger partial charge < -0.3 is 22.0 Å². The second-order valence-corrected chi connectivity index (χ2v) is 16.4. The first-order chi connectivity index (χ1) is 15.0. The average Bonchev–Trinajstić information content (AvgIpc) is 3.20. The van der Waals surface area contributed by atoms with Crippen molar-refractivity contribution in [2.75, 3.05) is 33.3 Å². The van der Waals surface area contributed by atoms with Crippen LogP contribution in [0.25, 0.3) is 10.9 Å². The summed E-state index contributed by atoms with van der Waals surface area (Å²) in [7, 11) is 9.98. The average molecular weight is 529 g/mol. The van der Waals surface area contributed by atoms with Crippen LogP contribution in [0.2, 0.25) is 18.6 Å². The van der Waals surface area contributed by atoms with E-state index in [2.05, 4.69) is 72.4 Å². The maximum absolute atomic E-state index is 5.37. The second-order valence-electron chi connectivity index (χ2n) is 9.23. The third-order valence-corrected chi connectivity index (χ3v) is 12.2. The van der Waals surface area contributed by atoms with Crippen molar-refractivity contribution < 1.29 is 21.8 Å². The van der Waals surface area contributed by atoms with Crippen molar-refractivity contribution in [1.82, 2.24) is 4.57 Å². The molecule has 3 nitrogen and oxygen atoms in total. The number of methoxy groups -OCH3 is 1. The van der Waals surface area contributed by atoms with Crippen molar-refractivity contribution in [3.05, 3.63) is 60.8 Å². The zero-order valence-electron chi connectivity index (χ0n) is 20.2. The Kier molecular flexibility index (Phi) is 11.6. The van der Waals surface area contributed by atoms with Gasteiger partial charge in [0.1, 0.15) is 14.0 Å². The topological polar surface area (TPSA) is 26.6 Å². The molecule has 32 heavy (non-hydrogen) atoms. The minimum absolute atomic E-state index is 0. The molecule has 4 unspecified atom stereocenters. The molecule has 2 fully saturated rings. The molecule has 0 spiro atoms. The van der Waals surface area contributed by atoms with E-state index in [1.54, 1.807) is 7.11 Å². The van der Waals surface area contributed by atoms with Crippen LogP contribution in [-0.4, -0.2) is 46.1 Å². The fourth-order valence-corrected chi connectivity index (χ4v) is 10.7. The van der Waals surface area contributed by atoms with Crippen LogP contribution >= 0.6 is 18.6 Å². The van der Waals surface area contributed by atoms with Gasteiger partial charge >= 0.3 is 35.6 Å². The summed E-state index contributed by atoms with van der Waals surface area (Å²) in [6, 6.07) is 8.68. The summed E-state index contributed by atoms with van der Waals surface area (Å²) in [5.41, 5.74) is 3.74. The van der Waals surface area contributed by atoms with Gasteiger partial charge in [0.15, 0.2) is 0 Å². The molecule has 1 aromatic rings. The van der Waals surface area contributed by atoms with Crippen molar-refractivity contribution in [2.24, 2.45) is 17.8 Å². The van der Waals surface area contributed by atoms with Gasteiger partial charge in [-0.05, 0) is 66.1 Å². The molecular weight excluding hydrogens is 491 g/mol. The quantitative estimate of drug-likeness (QED) is 0.294. The molecule has 3 aliphatic rings. The molecule has 1 aliphatic heterocycles. The monoisotopic (exact) mass is 528 g/mol. The molecule has 4 atom stereocenters. The van der Waals surface area contributed by atoms with E-state index < -0.39 is 25.3 Å². The molecular formula is C25H38Cl2N2OSiTi-2. The Morgan fingerprint density at radius 1 is 1.16 bits per heavy atom. The van der Waals surface area contributed by atoms with Gasteiger partial charge in [-0.2, -0.15) is 0 Å². The molecule has 0 radical (unpaired) electrons. The van der Waals surface area contributed by atoms with E-state index in [4.69, 9.17) is 23.3 Å². The normalized spacial score (nSPS) is 27.4. The van der Waals surface area contributed by atoms with E-state index in [1.165, 1.54) is 37.1 Å². The van der Waals surface area contributed by atoms with Crippen LogP contribution in [0.3, 0.4) is 0 Å². The van der Waals surface area contributed by atoms with Crippen molar-refractivity contribution in [2.45, 2.75) is 38.4 Å². The molecule has 0 aromatic heterocycles. The van der Waals surface area contributed by atoms with E-state index in [-0.39, 0.29) is 7.43 Å².